The van der Waals surface area contributed by atoms with E-state index < -0.39 is 0 Å². The number of aromatic nitrogens is 1. The molecule has 1 atom stereocenters. The Morgan fingerprint density at radius 1 is 1.43 bits per heavy atom. The monoisotopic (exact) mass is 281 g/mol. The molecule has 0 bridgehead atoms. The number of benzene rings is 1. The number of nitriles is 1. The first-order chi connectivity index (χ1) is 10.2. The van der Waals surface area contributed by atoms with Crippen LogP contribution >= 0.6 is 0 Å². The van der Waals surface area contributed by atoms with Gasteiger partial charge in [-0.1, -0.05) is 25.1 Å². The quantitative estimate of drug-likeness (QED) is 0.850. The number of likely N-dealkylation sites (tertiary alicyclic amines) is 1. The van der Waals surface area contributed by atoms with Crippen molar-refractivity contribution in [3.63, 3.8) is 0 Å². The van der Waals surface area contributed by atoms with E-state index in [2.05, 4.69) is 13.0 Å². The van der Waals surface area contributed by atoms with Crippen LogP contribution in [0.25, 0.3) is 10.9 Å². The average molecular weight is 281 g/mol. The van der Waals surface area contributed by atoms with Crippen molar-refractivity contribution in [2.75, 3.05) is 13.1 Å². The number of rotatable bonds is 2. The Morgan fingerprint density at radius 3 is 3.00 bits per heavy atom. The van der Waals surface area contributed by atoms with E-state index in [4.69, 9.17) is 0 Å². The van der Waals surface area contributed by atoms with Crippen molar-refractivity contribution in [2.45, 2.75) is 26.3 Å². The van der Waals surface area contributed by atoms with Gasteiger partial charge in [0.15, 0.2) is 0 Å². The summed E-state index contributed by atoms with van der Waals surface area (Å²) >= 11 is 0. The number of carbonyl (C=O) groups excluding carboxylic acids is 1. The zero-order valence-corrected chi connectivity index (χ0v) is 12.2. The molecule has 2 heterocycles. The molecule has 4 nitrogen and oxygen atoms in total. The molecule has 0 aliphatic carbocycles. The molecular formula is C17H19N3O. The topological polar surface area (TPSA) is 49.0 Å². The van der Waals surface area contributed by atoms with E-state index >= 15 is 0 Å². The van der Waals surface area contributed by atoms with Gasteiger partial charge in [-0.2, -0.15) is 5.26 Å². The SMILES string of the molecule is C[C@@H]1CCCN(C(=O)Cn2cc(C#N)c3ccccc32)C1. The van der Waals surface area contributed by atoms with Crippen molar-refractivity contribution in [1.82, 2.24) is 9.47 Å². The molecule has 0 saturated carbocycles. The minimum Gasteiger partial charge on any atom is -0.341 e. The van der Waals surface area contributed by atoms with E-state index in [0.717, 1.165) is 30.4 Å². The number of nitrogens with zero attached hydrogens (tertiary/aromatic N) is 3. The summed E-state index contributed by atoms with van der Waals surface area (Å²) in [7, 11) is 0. The Morgan fingerprint density at radius 2 is 2.24 bits per heavy atom. The van der Waals surface area contributed by atoms with Gasteiger partial charge in [0.1, 0.15) is 12.6 Å². The van der Waals surface area contributed by atoms with Crippen molar-refractivity contribution in [2.24, 2.45) is 5.92 Å². The minimum absolute atomic E-state index is 0.145. The summed E-state index contributed by atoms with van der Waals surface area (Å²) in [6.45, 7) is 4.21. The highest BCUT2D eigenvalue weighted by molar-refractivity contribution is 5.88. The second kappa shape index (κ2) is 5.61. The smallest absolute Gasteiger partial charge is 0.242 e. The lowest BCUT2D eigenvalue weighted by atomic mass is 10.0. The fourth-order valence-corrected chi connectivity index (χ4v) is 3.13. The minimum atomic E-state index is 0.145. The van der Waals surface area contributed by atoms with Gasteiger partial charge in [-0.05, 0) is 24.8 Å². The number of amides is 1. The Labute approximate surface area is 124 Å². The number of fused-ring (bicyclic) bond motifs is 1. The van der Waals surface area contributed by atoms with Gasteiger partial charge >= 0.3 is 0 Å². The van der Waals surface area contributed by atoms with Crippen LogP contribution in [0.2, 0.25) is 0 Å². The zero-order chi connectivity index (χ0) is 14.8. The van der Waals surface area contributed by atoms with Crippen molar-refractivity contribution >= 4 is 16.8 Å². The standard InChI is InChI=1S/C17H19N3O/c1-13-5-4-8-19(10-13)17(21)12-20-11-14(9-18)15-6-2-3-7-16(15)20/h2-3,6-7,11,13H,4-5,8,10,12H2,1H3/t13-/m1/s1. The molecule has 1 fully saturated rings. The van der Waals surface area contributed by atoms with Gasteiger partial charge in [0.25, 0.3) is 0 Å². The molecule has 0 N–H and O–H groups in total. The van der Waals surface area contributed by atoms with Gasteiger partial charge in [0, 0.05) is 30.2 Å². The van der Waals surface area contributed by atoms with Crippen LogP contribution in [0.15, 0.2) is 30.5 Å². The van der Waals surface area contributed by atoms with Crippen LogP contribution in [-0.2, 0) is 11.3 Å². The number of carbonyl (C=O) groups is 1. The van der Waals surface area contributed by atoms with Crippen LogP contribution in [0.4, 0.5) is 0 Å². The summed E-state index contributed by atoms with van der Waals surface area (Å²) in [5.74, 6) is 0.727. The van der Waals surface area contributed by atoms with E-state index in [-0.39, 0.29) is 5.91 Å². The summed E-state index contributed by atoms with van der Waals surface area (Å²) in [6, 6.07) is 9.95. The van der Waals surface area contributed by atoms with E-state index in [0.29, 0.717) is 18.0 Å². The highest BCUT2D eigenvalue weighted by Crippen LogP contribution is 2.21. The molecular weight excluding hydrogens is 262 g/mol. The molecule has 1 aromatic carbocycles. The van der Waals surface area contributed by atoms with Gasteiger partial charge in [-0.15, -0.1) is 0 Å². The Bertz CT molecular complexity index is 710. The number of hydrogen-bond acceptors (Lipinski definition) is 2. The van der Waals surface area contributed by atoms with E-state index in [9.17, 15) is 10.1 Å². The summed E-state index contributed by atoms with van der Waals surface area (Å²) in [5, 5.41) is 10.1. The van der Waals surface area contributed by atoms with E-state index in [1.54, 1.807) is 6.20 Å². The number of hydrogen-bond donors (Lipinski definition) is 0. The van der Waals surface area contributed by atoms with Gasteiger partial charge in [-0.3, -0.25) is 4.79 Å². The van der Waals surface area contributed by atoms with Crippen molar-refractivity contribution in [3.8, 4) is 6.07 Å². The lowest BCUT2D eigenvalue weighted by Gasteiger charge is -2.31. The maximum Gasteiger partial charge on any atom is 0.242 e. The highest BCUT2D eigenvalue weighted by Gasteiger charge is 2.21. The third kappa shape index (κ3) is 2.64. The molecule has 1 aliphatic heterocycles. The molecule has 2 aromatic rings. The second-order valence-corrected chi connectivity index (χ2v) is 5.89. The molecule has 108 valence electrons. The van der Waals surface area contributed by atoms with Gasteiger partial charge in [0.05, 0.1) is 5.56 Å². The third-order valence-electron chi connectivity index (χ3n) is 4.22. The Hall–Kier alpha value is -2.28. The predicted octanol–water partition coefficient (Wildman–Crippen LogP) is 2.77. The van der Waals surface area contributed by atoms with Crippen LogP contribution < -0.4 is 0 Å². The third-order valence-corrected chi connectivity index (χ3v) is 4.22. The molecule has 3 rings (SSSR count). The normalized spacial score (nSPS) is 18.7. The van der Waals surface area contributed by atoms with Crippen LogP contribution in [0.5, 0.6) is 0 Å². The van der Waals surface area contributed by atoms with Gasteiger partial charge in [-0.25, -0.2) is 0 Å². The second-order valence-electron chi connectivity index (χ2n) is 5.89. The molecule has 0 unspecified atom stereocenters. The largest absolute Gasteiger partial charge is 0.341 e. The van der Waals surface area contributed by atoms with Gasteiger partial charge in [0.2, 0.25) is 5.91 Å². The molecule has 0 spiro atoms. The maximum absolute atomic E-state index is 12.5. The first-order valence-electron chi connectivity index (χ1n) is 7.45. The van der Waals surface area contributed by atoms with Crippen molar-refractivity contribution in [3.05, 3.63) is 36.0 Å². The summed E-state index contributed by atoms with van der Waals surface area (Å²) < 4.78 is 1.90. The first-order valence-corrected chi connectivity index (χ1v) is 7.45. The molecule has 4 heteroatoms. The van der Waals surface area contributed by atoms with Crippen molar-refractivity contribution < 1.29 is 4.79 Å². The van der Waals surface area contributed by atoms with E-state index in [1.807, 2.05) is 33.7 Å². The molecule has 0 radical (unpaired) electrons. The van der Waals surface area contributed by atoms with E-state index in [1.165, 1.54) is 6.42 Å². The zero-order valence-electron chi connectivity index (χ0n) is 12.2. The highest BCUT2D eigenvalue weighted by atomic mass is 16.2. The molecule has 1 amide bonds. The fourth-order valence-electron chi connectivity index (χ4n) is 3.13. The molecule has 1 saturated heterocycles. The van der Waals surface area contributed by atoms with Crippen LogP contribution in [0.1, 0.15) is 25.3 Å². The van der Waals surface area contributed by atoms with Gasteiger partial charge < -0.3 is 9.47 Å². The number of para-hydroxylation sites is 1. The van der Waals surface area contributed by atoms with Crippen LogP contribution in [0, 0.1) is 17.2 Å². The molecule has 1 aliphatic rings. The molecule has 21 heavy (non-hydrogen) atoms. The molecule has 1 aromatic heterocycles. The summed E-state index contributed by atoms with van der Waals surface area (Å²) in [5.41, 5.74) is 1.58. The summed E-state index contributed by atoms with van der Waals surface area (Å²) in [6.07, 6.45) is 4.08. The Balaban J connectivity index is 1.85. The van der Waals surface area contributed by atoms with Crippen LogP contribution in [0.3, 0.4) is 0 Å². The predicted molar refractivity (Wildman–Crippen MR) is 81.6 cm³/mol. The van der Waals surface area contributed by atoms with Crippen molar-refractivity contribution in [1.29, 1.82) is 5.26 Å². The number of piperidine rings is 1. The summed E-state index contributed by atoms with van der Waals surface area (Å²) in [4.78, 5) is 14.4. The first kappa shape index (κ1) is 13.7. The average Bonchev–Trinajstić information content (AvgIpc) is 2.85. The maximum atomic E-state index is 12.5. The van der Waals surface area contributed by atoms with Crippen LogP contribution in [-0.4, -0.2) is 28.5 Å². The lowest BCUT2D eigenvalue weighted by molar-refractivity contribution is -0.133. The fraction of sp³-hybridized carbons (Fsp3) is 0.412. The lowest BCUT2D eigenvalue weighted by Crippen LogP contribution is -2.40. The Kier molecular flexibility index (Phi) is 3.66.